The van der Waals surface area contributed by atoms with E-state index in [-0.39, 0.29) is 25.6 Å². The topological polar surface area (TPSA) is 78.9 Å². The van der Waals surface area contributed by atoms with Gasteiger partial charge in [0, 0.05) is 6.42 Å². The van der Waals surface area contributed by atoms with Gasteiger partial charge in [-0.1, -0.05) is 19.8 Å². The minimum Gasteiger partial charge on any atom is -0.466 e. The van der Waals surface area contributed by atoms with Gasteiger partial charge in [0.25, 0.3) is 0 Å². The van der Waals surface area contributed by atoms with Crippen molar-refractivity contribution >= 4 is 17.9 Å². The van der Waals surface area contributed by atoms with Crippen molar-refractivity contribution in [2.75, 3.05) is 19.8 Å². The molecule has 0 saturated heterocycles. The standard InChI is InChI=1S/C17H30O6/c1-5-12-17(15(19)22-7-3,16(20)23-8-4)13-10-9-11-14(18)21-6-2/h5-13H2,1-4H3. The third-order valence-electron chi connectivity index (χ3n) is 3.55. The summed E-state index contributed by atoms with van der Waals surface area (Å²) < 4.78 is 15.1. The average Bonchev–Trinajstić information content (AvgIpc) is 2.51. The first-order chi connectivity index (χ1) is 11.0. The van der Waals surface area contributed by atoms with Crippen molar-refractivity contribution in [3.05, 3.63) is 0 Å². The summed E-state index contributed by atoms with van der Waals surface area (Å²) in [4.78, 5) is 36.1. The van der Waals surface area contributed by atoms with Gasteiger partial charge in [-0.15, -0.1) is 0 Å². The van der Waals surface area contributed by atoms with Crippen LogP contribution in [-0.4, -0.2) is 37.7 Å². The van der Waals surface area contributed by atoms with Gasteiger partial charge >= 0.3 is 17.9 Å². The van der Waals surface area contributed by atoms with E-state index in [1.54, 1.807) is 20.8 Å². The highest BCUT2D eigenvalue weighted by molar-refractivity contribution is 6.00. The summed E-state index contributed by atoms with van der Waals surface area (Å²) in [6, 6.07) is 0. The van der Waals surface area contributed by atoms with E-state index in [2.05, 4.69) is 0 Å². The van der Waals surface area contributed by atoms with Crippen LogP contribution in [0.15, 0.2) is 0 Å². The maximum atomic E-state index is 12.4. The van der Waals surface area contributed by atoms with E-state index in [1.807, 2.05) is 6.92 Å². The van der Waals surface area contributed by atoms with Crippen LogP contribution >= 0.6 is 0 Å². The van der Waals surface area contributed by atoms with Gasteiger partial charge in [0.2, 0.25) is 0 Å². The van der Waals surface area contributed by atoms with Crippen LogP contribution in [0.5, 0.6) is 0 Å². The molecule has 0 amide bonds. The van der Waals surface area contributed by atoms with E-state index < -0.39 is 17.4 Å². The Balaban J connectivity index is 4.90. The average molecular weight is 330 g/mol. The van der Waals surface area contributed by atoms with Crippen LogP contribution in [0.2, 0.25) is 0 Å². The molecule has 0 heterocycles. The van der Waals surface area contributed by atoms with Crippen LogP contribution < -0.4 is 0 Å². The quantitative estimate of drug-likeness (QED) is 0.237. The van der Waals surface area contributed by atoms with Gasteiger partial charge in [-0.3, -0.25) is 14.4 Å². The SMILES string of the molecule is CCCC(CCCCC(=O)OCC)(C(=O)OCC)C(=O)OCC. The lowest BCUT2D eigenvalue weighted by molar-refractivity contribution is -0.173. The highest BCUT2D eigenvalue weighted by Crippen LogP contribution is 2.34. The number of rotatable bonds is 12. The molecule has 0 aromatic heterocycles. The molecule has 0 fully saturated rings. The summed E-state index contributed by atoms with van der Waals surface area (Å²) in [6.07, 6.45) is 2.75. The largest absolute Gasteiger partial charge is 0.466 e. The normalized spacial score (nSPS) is 11.0. The van der Waals surface area contributed by atoms with E-state index in [9.17, 15) is 14.4 Å². The van der Waals surface area contributed by atoms with Crippen LogP contribution in [0.25, 0.3) is 0 Å². The lowest BCUT2D eigenvalue weighted by Crippen LogP contribution is -2.42. The van der Waals surface area contributed by atoms with E-state index in [0.717, 1.165) is 0 Å². The van der Waals surface area contributed by atoms with Gasteiger partial charge < -0.3 is 14.2 Å². The van der Waals surface area contributed by atoms with Crippen LogP contribution in [0, 0.1) is 5.41 Å². The molecule has 0 aliphatic rings. The number of unbranched alkanes of at least 4 members (excludes halogenated alkanes) is 1. The monoisotopic (exact) mass is 330 g/mol. The predicted octanol–water partition coefficient (Wildman–Crippen LogP) is 3.02. The Bertz CT molecular complexity index is 359. The van der Waals surface area contributed by atoms with Crippen LogP contribution in [0.3, 0.4) is 0 Å². The van der Waals surface area contributed by atoms with E-state index in [1.165, 1.54) is 0 Å². The zero-order chi connectivity index (χ0) is 17.7. The molecule has 6 nitrogen and oxygen atoms in total. The van der Waals surface area contributed by atoms with Crippen LogP contribution in [0.4, 0.5) is 0 Å². The number of hydrogen-bond donors (Lipinski definition) is 0. The molecule has 0 saturated carbocycles. The summed E-state index contributed by atoms with van der Waals surface area (Å²) in [7, 11) is 0. The van der Waals surface area contributed by atoms with Gasteiger partial charge in [0.05, 0.1) is 19.8 Å². The summed E-state index contributed by atoms with van der Waals surface area (Å²) in [5.41, 5.74) is -1.27. The number of carbonyl (C=O) groups excluding carboxylic acids is 3. The van der Waals surface area contributed by atoms with Crippen molar-refractivity contribution in [3.63, 3.8) is 0 Å². The molecule has 0 rings (SSSR count). The van der Waals surface area contributed by atoms with E-state index in [4.69, 9.17) is 14.2 Å². The first-order valence-electron chi connectivity index (χ1n) is 8.48. The summed E-state index contributed by atoms with van der Waals surface area (Å²) in [5, 5.41) is 0. The van der Waals surface area contributed by atoms with Crippen molar-refractivity contribution in [2.24, 2.45) is 5.41 Å². The number of ether oxygens (including phenoxy) is 3. The fourth-order valence-electron chi connectivity index (χ4n) is 2.51. The molecule has 0 unspecified atom stereocenters. The lowest BCUT2D eigenvalue weighted by Gasteiger charge is -2.28. The predicted molar refractivity (Wildman–Crippen MR) is 85.7 cm³/mol. The van der Waals surface area contributed by atoms with Gasteiger partial charge in [0.15, 0.2) is 5.41 Å². The number of carbonyl (C=O) groups is 3. The van der Waals surface area contributed by atoms with Gasteiger partial charge in [-0.2, -0.15) is 0 Å². The molecule has 0 aliphatic carbocycles. The molecule has 134 valence electrons. The second-order valence-electron chi connectivity index (χ2n) is 5.29. The molecular weight excluding hydrogens is 300 g/mol. The minimum absolute atomic E-state index is 0.215. The van der Waals surface area contributed by atoms with Crippen LogP contribution in [0.1, 0.15) is 66.2 Å². The second kappa shape index (κ2) is 11.9. The third-order valence-corrected chi connectivity index (χ3v) is 3.55. The van der Waals surface area contributed by atoms with Crippen molar-refractivity contribution in [2.45, 2.75) is 66.2 Å². The first-order valence-corrected chi connectivity index (χ1v) is 8.48. The first kappa shape index (κ1) is 21.4. The maximum absolute atomic E-state index is 12.4. The highest BCUT2D eigenvalue weighted by atomic mass is 16.6. The fourth-order valence-corrected chi connectivity index (χ4v) is 2.51. The molecular formula is C17H30O6. The second-order valence-corrected chi connectivity index (χ2v) is 5.29. The molecule has 0 spiro atoms. The van der Waals surface area contributed by atoms with Gasteiger partial charge in [0.1, 0.15) is 0 Å². The van der Waals surface area contributed by atoms with E-state index in [0.29, 0.717) is 38.7 Å². The van der Waals surface area contributed by atoms with Crippen LogP contribution in [-0.2, 0) is 28.6 Å². The van der Waals surface area contributed by atoms with Crippen molar-refractivity contribution in [3.8, 4) is 0 Å². The molecule has 0 bridgehead atoms. The van der Waals surface area contributed by atoms with Crippen molar-refractivity contribution in [1.29, 1.82) is 0 Å². The molecule has 0 radical (unpaired) electrons. The fraction of sp³-hybridized carbons (Fsp3) is 0.824. The molecule has 6 heteroatoms. The Morgan fingerprint density at radius 2 is 1.26 bits per heavy atom. The molecule has 0 aromatic carbocycles. The Labute approximate surface area is 138 Å². The zero-order valence-corrected chi connectivity index (χ0v) is 14.8. The van der Waals surface area contributed by atoms with Gasteiger partial charge in [-0.25, -0.2) is 0 Å². The summed E-state index contributed by atoms with van der Waals surface area (Å²) in [5.74, 6) is -1.33. The molecule has 0 atom stereocenters. The Morgan fingerprint density at radius 1 is 0.739 bits per heavy atom. The lowest BCUT2D eigenvalue weighted by atomic mass is 9.78. The van der Waals surface area contributed by atoms with Crippen molar-refractivity contribution in [1.82, 2.24) is 0 Å². The molecule has 0 aliphatic heterocycles. The maximum Gasteiger partial charge on any atom is 0.323 e. The Hall–Kier alpha value is -1.59. The van der Waals surface area contributed by atoms with Gasteiger partial charge in [-0.05, 0) is 40.0 Å². The molecule has 0 aromatic rings. The summed E-state index contributed by atoms with van der Waals surface area (Å²) in [6.45, 7) is 7.86. The Morgan fingerprint density at radius 3 is 1.70 bits per heavy atom. The van der Waals surface area contributed by atoms with Crippen molar-refractivity contribution < 1.29 is 28.6 Å². The third kappa shape index (κ3) is 7.01. The zero-order valence-electron chi connectivity index (χ0n) is 14.8. The Kier molecular flexibility index (Phi) is 11.1. The summed E-state index contributed by atoms with van der Waals surface area (Å²) >= 11 is 0. The van der Waals surface area contributed by atoms with E-state index >= 15 is 0 Å². The highest BCUT2D eigenvalue weighted by Gasteiger charge is 2.47. The molecule has 0 N–H and O–H groups in total. The number of esters is 3. The number of hydrogen-bond acceptors (Lipinski definition) is 6. The smallest absolute Gasteiger partial charge is 0.323 e. The molecule has 23 heavy (non-hydrogen) atoms. The minimum atomic E-state index is -1.27.